The fourth-order valence-electron chi connectivity index (χ4n) is 6.20. The average molecular weight is 492 g/mol. The Balaban J connectivity index is 1.28. The molecule has 3 heterocycles. The molecule has 2 atom stereocenters. The molecule has 1 amide bonds. The van der Waals surface area contributed by atoms with Crippen molar-refractivity contribution >= 4 is 5.91 Å². The number of nitrogens with one attached hydrogen (secondary N) is 1. The maximum Gasteiger partial charge on any atom is 0.401 e. The van der Waals surface area contributed by atoms with E-state index in [9.17, 15) is 31.9 Å². The SMILES string of the molecule is CC1(c2nc(C3(C(F)(F)F)CCN(C(=O)[C@@H]4C[C@@H](O)C5(CCC5)CN4)CC3)no2)CC(F)(F)C1. The molecular weight excluding hydrogens is 463 g/mol. The molecule has 0 radical (unpaired) electrons. The highest BCUT2D eigenvalue weighted by atomic mass is 19.4. The van der Waals surface area contributed by atoms with Crippen molar-refractivity contribution in [3.05, 3.63) is 11.7 Å². The van der Waals surface area contributed by atoms with E-state index in [0.29, 0.717) is 6.54 Å². The van der Waals surface area contributed by atoms with Crippen molar-refractivity contribution in [2.24, 2.45) is 5.41 Å². The van der Waals surface area contributed by atoms with E-state index in [1.54, 1.807) is 0 Å². The number of piperidine rings is 2. The lowest BCUT2D eigenvalue weighted by molar-refractivity contribution is -0.206. The molecule has 2 N–H and O–H groups in total. The van der Waals surface area contributed by atoms with Gasteiger partial charge in [-0.1, -0.05) is 18.5 Å². The first-order valence-corrected chi connectivity index (χ1v) is 11.8. The summed E-state index contributed by atoms with van der Waals surface area (Å²) in [6.45, 7) is 1.69. The molecule has 5 rings (SSSR count). The van der Waals surface area contributed by atoms with Crippen LogP contribution in [0.3, 0.4) is 0 Å². The highest BCUT2D eigenvalue weighted by Crippen LogP contribution is 2.54. The van der Waals surface area contributed by atoms with Crippen LogP contribution in [0.5, 0.6) is 0 Å². The summed E-state index contributed by atoms with van der Waals surface area (Å²) in [7, 11) is 0. The van der Waals surface area contributed by atoms with Gasteiger partial charge in [0.15, 0.2) is 5.82 Å². The number of aromatic nitrogens is 2. The summed E-state index contributed by atoms with van der Waals surface area (Å²) in [5, 5.41) is 17.3. The molecule has 2 aliphatic heterocycles. The van der Waals surface area contributed by atoms with Crippen molar-refractivity contribution in [2.45, 2.75) is 93.4 Å². The third kappa shape index (κ3) is 3.63. The molecule has 190 valence electrons. The van der Waals surface area contributed by atoms with E-state index in [4.69, 9.17) is 4.52 Å². The summed E-state index contributed by atoms with van der Waals surface area (Å²) in [5.74, 6) is -3.98. The molecule has 2 saturated carbocycles. The summed E-state index contributed by atoms with van der Waals surface area (Å²) < 4.78 is 74.6. The van der Waals surface area contributed by atoms with Crippen LogP contribution in [0.25, 0.3) is 0 Å². The number of halogens is 5. The Bertz CT molecular complexity index is 945. The Labute approximate surface area is 193 Å². The van der Waals surface area contributed by atoms with Gasteiger partial charge in [-0.05, 0) is 32.1 Å². The van der Waals surface area contributed by atoms with Crippen LogP contribution in [0.4, 0.5) is 22.0 Å². The van der Waals surface area contributed by atoms with Gasteiger partial charge in [0, 0.05) is 37.9 Å². The van der Waals surface area contributed by atoms with Crippen LogP contribution in [-0.2, 0) is 15.6 Å². The van der Waals surface area contributed by atoms with Crippen molar-refractivity contribution in [1.29, 1.82) is 0 Å². The van der Waals surface area contributed by atoms with Gasteiger partial charge < -0.3 is 19.8 Å². The number of likely N-dealkylation sites (tertiary alicyclic amines) is 1. The summed E-state index contributed by atoms with van der Waals surface area (Å²) in [4.78, 5) is 18.4. The molecule has 0 aromatic carbocycles. The third-order valence-electron chi connectivity index (χ3n) is 8.65. The Morgan fingerprint density at radius 1 is 1.18 bits per heavy atom. The number of carbonyl (C=O) groups is 1. The fraction of sp³-hybridized carbons (Fsp3) is 0.864. The van der Waals surface area contributed by atoms with E-state index >= 15 is 0 Å². The lowest BCUT2D eigenvalue weighted by Gasteiger charge is -2.51. The van der Waals surface area contributed by atoms with Crippen LogP contribution in [-0.4, -0.2) is 69.9 Å². The van der Waals surface area contributed by atoms with Crippen LogP contribution in [0.15, 0.2) is 4.52 Å². The minimum Gasteiger partial charge on any atom is -0.392 e. The zero-order chi connectivity index (χ0) is 24.6. The largest absolute Gasteiger partial charge is 0.401 e. The molecule has 4 fully saturated rings. The quantitative estimate of drug-likeness (QED) is 0.631. The normalized spacial score (nSPS) is 31.6. The van der Waals surface area contributed by atoms with Gasteiger partial charge in [-0.3, -0.25) is 4.79 Å². The monoisotopic (exact) mass is 492 g/mol. The Hall–Kier alpha value is -1.82. The number of carbonyl (C=O) groups excluding carboxylic acids is 1. The number of aliphatic hydroxyl groups is 1. The molecule has 1 aromatic heterocycles. The van der Waals surface area contributed by atoms with Crippen molar-refractivity contribution < 1.29 is 36.4 Å². The summed E-state index contributed by atoms with van der Waals surface area (Å²) in [5.41, 5.74) is -3.74. The summed E-state index contributed by atoms with van der Waals surface area (Å²) >= 11 is 0. The second-order valence-corrected chi connectivity index (χ2v) is 11.0. The number of hydrogen-bond donors (Lipinski definition) is 2. The second kappa shape index (κ2) is 7.59. The van der Waals surface area contributed by atoms with Crippen LogP contribution >= 0.6 is 0 Å². The first-order valence-electron chi connectivity index (χ1n) is 11.8. The molecule has 34 heavy (non-hydrogen) atoms. The minimum absolute atomic E-state index is 0.156. The maximum absolute atomic E-state index is 14.3. The van der Waals surface area contributed by atoms with E-state index in [1.165, 1.54) is 11.8 Å². The highest BCUT2D eigenvalue weighted by Gasteiger charge is 2.62. The summed E-state index contributed by atoms with van der Waals surface area (Å²) in [6, 6.07) is -0.628. The standard InChI is InChI=1S/C22H29F5N4O3/c1-18(10-21(23,24)11-18)17-29-16(30-34-17)20(22(25,26)27)5-7-31(8-6-20)15(33)13-9-14(32)19(12-28-13)3-2-4-19/h13-14,28,32H,2-12H2,1H3/t13-,14+/m0/s1. The van der Waals surface area contributed by atoms with Gasteiger partial charge in [0.2, 0.25) is 17.7 Å². The molecule has 12 heteroatoms. The number of amides is 1. The molecule has 2 saturated heterocycles. The minimum atomic E-state index is -4.70. The Morgan fingerprint density at radius 2 is 1.82 bits per heavy atom. The predicted molar refractivity (Wildman–Crippen MR) is 108 cm³/mol. The smallest absolute Gasteiger partial charge is 0.392 e. The van der Waals surface area contributed by atoms with Gasteiger partial charge >= 0.3 is 6.18 Å². The van der Waals surface area contributed by atoms with Crippen molar-refractivity contribution in [2.75, 3.05) is 19.6 Å². The molecule has 4 aliphatic rings. The van der Waals surface area contributed by atoms with Gasteiger partial charge in [-0.2, -0.15) is 18.2 Å². The Kier molecular flexibility index (Phi) is 5.33. The molecular formula is C22H29F5N4O3. The van der Waals surface area contributed by atoms with Gasteiger partial charge in [-0.25, -0.2) is 8.78 Å². The first-order chi connectivity index (χ1) is 15.8. The zero-order valence-electron chi connectivity index (χ0n) is 18.9. The molecule has 1 spiro atoms. The van der Waals surface area contributed by atoms with Crippen LogP contribution < -0.4 is 5.32 Å². The third-order valence-corrected chi connectivity index (χ3v) is 8.65. The van der Waals surface area contributed by atoms with Gasteiger partial charge in [0.25, 0.3) is 0 Å². The van der Waals surface area contributed by atoms with Crippen LogP contribution in [0, 0.1) is 5.41 Å². The number of hydrogen-bond acceptors (Lipinski definition) is 6. The summed E-state index contributed by atoms with van der Waals surface area (Å²) in [6.07, 6.45) is -4.21. The van der Waals surface area contributed by atoms with Gasteiger partial charge in [-0.15, -0.1) is 0 Å². The van der Waals surface area contributed by atoms with E-state index in [2.05, 4.69) is 15.5 Å². The van der Waals surface area contributed by atoms with Crippen molar-refractivity contribution in [3.8, 4) is 0 Å². The van der Waals surface area contributed by atoms with Crippen LogP contribution in [0.2, 0.25) is 0 Å². The highest BCUT2D eigenvalue weighted by molar-refractivity contribution is 5.82. The second-order valence-electron chi connectivity index (χ2n) is 11.0. The lowest BCUT2D eigenvalue weighted by atomic mass is 9.62. The van der Waals surface area contributed by atoms with Gasteiger partial charge in [0.05, 0.1) is 17.6 Å². The van der Waals surface area contributed by atoms with E-state index in [0.717, 1.165) is 19.3 Å². The number of alkyl halides is 5. The number of rotatable bonds is 3. The van der Waals surface area contributed by atoms with Gasteiger partial charge in [0.1, 0.15) is 5.41 Å². The lowest BCUT2D eigenvalue weighted by Crippen LogP contribution is -2.62. The fourth-order valence-corrected chi connectivity index (χ4v) is 6.20. The van der Waals surface area contributed by atoms with E-state index in [1.807, 2.05) is 0 Å². The Morgan fingerprint density at radius 3 is 2.32 bits per heavy atom. The molecule has 2 aliphatic carbocycles. The zero-order valence-corrected chi connectivity index (χ0v) is 18.9. The van der Waals surface area contributed by atoms with Crippen molar-refractivity contribution in [1.82, 2.24) is 20.4 Å². The maximum atomic E-state index is 14.3. The molecule has 1 aromatic rings. The first kappa shape index (κ1) is 23.9. The molecule has 0 bridgehead atoms. The molecule has 7 nitrogen and oxygen atoms in total. The van der Waals surface area contributed by atoms with E-state index < -0.39 is 66.6 Å². The topological polar surface area (TPSA) is 91.5 Å². The van der Waals surface area contributed by atoms with E-state index in [-0.39, 0.29) is 36.7 Å². The van der Waals surface area contributed by atoms with Crippen LogP contribution in [0.1, 0.15) is 70.0 Å². The average Bonchev–Trinajstić information content (AvgIpc) is 3.21. The number of nitrogens with zero attached hydrogens (tertiary/aromatic N) is 3. The number of aliphatic hydroxyl groups excluding tert-OH is 1. The van der Waals surface area contributed by atoms with Crippen molar-refractivity contribution in [3.63, 3.8) is 0 Å². The molecule has 0 unspecified atom stereocenters. The predicted octanol–water partition coefficient (Wildman–Crippen LogP) is 3.07.